The van der Waals surface area contributed by atoms with Gasteiger partial charge in [0.1, 0.15) is 17.9 Å². The number of carbonyl (C=O) groups excluding carboxylic acids is 1. The van der Waals surface area contributed by atoms with E-state index < -0.39 is 0 Å². The summed E-state index contributed by atoms with van der Waals surface area (Å²) in [6.07, 6.45) is 4.21. The Morgan fingerprint density at radius 2 is 1.77 bits per heavy atom. The molecule has 0 bridgehead atoms. The number of benzene rings is 1. The van der Waals surface area contributed by atoms with Crippen molar-refractivity contribution in [1.29, 1.82) is 5.26 Å². The zero-order valence-electron chi connectivity index (χ0n) is 19.1. The molecule has 0 atom stereocenters. The molecule has 1 aromatic rings. The van der Waals surface area contributed by atoms with Gasteiger partial charge >= 0.3 is 0 Å². The van der Waals surface area contributed by atoms with E-state index in [-0.39, 0.29) is 34.8 Å². The zero-order chi connectivity index (χ0) is 22.3. The number of nitrogens with one attached hydrogen (secondary N) is 1. The van der Waals surface area contributed by atoms with Crippen molar-refractivity contribution in [3.63, 3.8) is 0 Å². The van der Waals surface area contributed by atoms with Gasteiger partial charge in [-0.2, -0.15) is 5.26 Å². The van der Waals surface area contributed by atoms with Crippen LogP contribution in [0, 0.1) is 39.9 Å². The summed E-state index contributed by atoms with van der Waals surface area (Å²) in [6, 6.07) is 7.28. The van der Waals surface area contributed by atoms with Crippen LogP contribution in [-0.4, -0.2) is 18.1 Å². The smallest absolute Gasteiger partial charge is 0.223 e. The van der Waals surface area contributed by atoms with Crippen LogP contribution in [0.25, 0.3) is 0 Å². The van der Waals surface area contributed by atoms with Crippen LogP contribution in [0.1, 0.15) is 72.8 Å². The molecule has 0 aromatic heterocycles. The average molecular weight is 431 g/mol. The Kier molecular flexibility index (Phi) is 6.44. The van der Waals surface area contributed by atoms with Gasteiger partial charge in [0.2, 0.25) is 5.91 Å². The predicted octanol–water partition coefficient (Wildman–Crippen LogP) is 5.97. The summed E-state index contributed by atoms with van der Waals surface area (Å²) < 4.78 is 6.31. The molecule has 4 nitrogen and oxygen atoms in total. The highest BCUT2D eigenvalue weighted by molar-refractivity contribution is 6.31. The lowest BCUT2D eigenvalue weighted by Crippen LogP contribution is -2.75. The van der Waals surface area contributed by atoms with Crippen LogP contribution in [0.3, 0.4) is 0 Å². The number of nitriles is 1. The number of hydrogen-bond acceptors (Lipinski definition) is 3. The van der Waals surface area contributed by atoms with Gasteiger partial charge in [-0.1, -0.05) is 53.1 Å². The molecule has 0 radical (unpaired) electrons. The van der Waals surface area contributed by atoms with E-state index in [1.165, 1.54) is 0 Å². The topological polar surface area (TPSA) is 62.1 Å². The molecule has 30 heavy (non-hydrogen) atoms. The van der Waals surface area contributed by atoms with E-state index >= 15 is 0 Å². The molecule has 0 saturated heterocycles. The minimum absolute atomic E-state index is 0.0409. The third-order valence-electron chi connectivity index (χ3n) is 7.53. The second-order valence-corrected chi connectivity index (χ2v) is 11.1. The van der Waals surface area contributed by atoms with E-state index in [2.05, 4.69) is 52.9 Å². The van der Waals surface area contributed by atoms with E-state index in [0.29, 0.717) is 22.3 Å². The van der Waals surface area contributed by atoms with Gasteiger partial charge in [-0.3, -0.25) is 4.79 Å². The molecular weight excluding hydrogens is 396 g/mol. The maximum absolute atomic E-state index is 13.0. The number of amides is 1. The van der Waals surface area contributed by atoms with Crippen molar-refractivity contribution in [3.8, 4) is 11.8 Å². The van der Waals surface area contributed by atoms with Gasteiger partial charge in [0, 0.05) is 28.9 Å². The van der Waals surface area contributed by atoms with E-state index in [4.69, 9.17) is 21.6 Å². The highest BCUT2D eigenvalue weighted by Gasteiger charge is 2.64. The molecule has 0 aliphatic heterocycles. The van der Waals surface area contributed by atoms with Gasteiger partial charge in [-0.05, 0) is 49.7 Å². The number of ether oxygens (including phenoxy) is 1. The minimum atomic E-state index is -0.214. The summed E-state index contributed by atoms with van der Waals surface area (Å²) in [4.78, 5) is 13.0. The lowest BCUT2D eigenvalue weighted by molar-refractivity contribution is -0.175. The van der Waals surface area contributed by atoms with Crippen LogP contribution in [0.4, 0.5) is 0 Å². The van der Waals surface area contributed by atoms with Gasteiger partial charge in [0.25, 0.3) is 0 Å². The maximum Gasteiger partial charge on any atom is 0.223 e. The highest BCUT2D eigenvalue weighted by atomic mass is 35.5. The monoisotopic (exact) mass is 430 g/mol. The Morgan fingerprint density at radius 1 is 1.17 bits per heavy atom. The molecule has 0 unspecified atom stereocenters. The van der Waals surface area contributed by atoms with Gasteiger partial charge in [-0.15, -0.1) is 0 Å². The molecule has 2 fully saturated rings. The molecule has 1 amide bonds. The number of rotatable bonds is 5. The average Bonchev–Trinajstić information content (AvgIpc) is 2.69. The molecule has 1 N–H and O–H groups in total. The van der Waals surface area contributed by atoms with Crippen LogP contribution in [0.15, 0.2) is 18.2 Å². The summed E-state index contributed by atoms with van der Waals surface area (Å²) >= 11 is 6.17. The molecule has 0 spiro atoms. The van der Waals surface area contributed by atoms with E-state index in [1.54, 1.807) is 18.2 Å². The summed E-state index contributed by atoms with van der Waals surface area (Å²) in [5, 5.41) is 12.8. The van der Waals surface area contributed by atoms with Crippen LogP contribution in [-0.2, 0) is 4.79 Å². The molecule has 5 heteroatoms. The van der Waals surface area contributed by atoms with Crippen molar-refractivity contribution >= 4 is 17.5 Å². The largest absolute Gasteiger partial charge is 0.489 e. The minimum Gasteiger partial charge on any atom is -0.489 e. The standard InChI is InChI=1S/C25H35ClN2O2/c1-15(2)16-7-9-17(10-8-16)21(29)28-22-24(3,4)23(25(22,5)6)30-19-12-11-18(14-27)20(26)13-19/h11-13,15-17,22-23H,7-10H2,1-6H3,(H,28,29). The SMILES string of the molecule is CC(C)C1CCC(C(=O)NC2C(C)(C)C(Oc3ccc(C#N)c(Cl)c3)C2(C)C)CC1. The summed E-state index contributed by atoms with van der Waals surface area (Å²) in [6.45, 7) is 13.2. The fraction of sp³-hybridized carbons (Fsp3) is 0.680. The van der Waals surface area contributed by atoms with Crippen molar-refractivity contribution < 1.29 is 9.53 Å². The summed E-state index contributed by atoms with van der Waals surface area (Å²) in [5.74, 6) is 2.43. The van der Waals surface area contributed by atoms with Crippen molar-refractivity contribution in [1.82, 2.24) is 5.32 Å². The number of hydrogen-bond donors (Lipinski definition) is 1. The molecule has 2 aliphatic carbocycles. The Morgan fingerprint density at radius 3 is 2.27 bits per heavy atom. The first-order valence-corrected chi connectivity index (χ1v) is 11.5. The Bertz CT molecular complexity index is 816. The summed E-state index contributed by atoms with van der Waals surface area (Å²) in [5.41, 5.74) is 0.0112. The quantitative estimate of drug-likeness (QED) is 0.625. The van der Waals surface area contributed by atoms with Crippen LogP contribution in [0.5, 0.6) is 5.75 Å². The maximum atomic E-state index is 13.0. The van der Waals surface area contributed by atoms with Gasteiger partial charge in [-0.25, -0.2) is 0 Å². The first-order valence-electron chi connectivity index (χ1n) is 11.1. The van der Waals surface area contributed by atoms with Gasteiger partial charge < -0.3 is 10.1 Å². The third kappa shape index (κ3) is 4.19. The Balaban J connectivity index is 1.65. The second kappa shape index (κ2) is 8.42. The van der Waals surface area contributed by atoms with Crippen LogP contribution < -0.4 is 10.1 Å². The normalized spacial score (nSPS) is 29.6. The van der Waals surface area contributed by atoms with Crippen molar-refractivity contribution in [3.05, 3.63) is 28.8 Å². The first-order chi connectivity index (χ1) is 14.0. The second-order valence-electron chi connectivity index (χ2n) is 10.7. The zero-order valence-corrected chi connectivity index (χ0v) is 19.8. The van der Waals surface area contributed by atoms with E-state index in [9.17, 15) is 4.79 Å². The number of nitrogens with zero attached hydrogens (tertiary/aromatic N) is 1. The van der Waals surface area contributed by atoms with E-state index in [0.717, 1.165) is 31.6 Å². The fourth-order valence-corrected chi connectivity index (χ4v) is 6.12. The Labute approximate surface area is 186 Å². The highest BCUT2D eigenvalue weighted by Crippen LogP contribution is 2.55. The molecule has 164 valence electrons. The number of halogens is 1. The van der Waals surface area contributed by atoms with Gasteiger partial charge in [0.15, 0.2) is 0 Å². The Hall–Kier alpha value is -1.73. The summed E-state index contributed by atoms with van der Waals surface area (Å²) in [7, 11) is 0. The molecule has 1 aromatic carbocycles. The van der Waals surface area contributed by atoms with Crippen LogP contribution >= 0.6 is 11.6 Å². The van der Waals surface area contributed by atoms with E-state index in [1.807, 2.05) is 0 Å². The predicted molar refractivity (Wildman–Crippen MR) is 120 cm³/mol. The van der Waals surface area contributed by atoms with Crippen molar-refractivity contribution in [2.24, 2.45) is 28.6 Å². The lowest BCUT2D eigenvalue weighted by atomic mass is 9.49. The molecular formula is C25H35ClN2O2. The first kappa shape index (κ1) is 22.9. The van der Waals surface area contributed by atoms with Gasteiger partial charge in [0.05, 0.1) is 10.6 Å². The van der Waals surface area contributed by atoms with Crippen LogP contribution in [0.2, 0.25) is 5.02 Å². The van der Waals surface area contributed by atoms with Crippen molar-refractivity contribution in [2.45, 2.75) is 79.4 Å². The molecule has 2 saturated carbocycles. The molecule has 2 aliphatic rings. The fourth-order valence-electron chi connectivity index (χ4n) is 5.90. The lowest BCUT2D eigenvalue weighted by Gasteiger charge is -2.63. The number of carbonyl (C=O) groups is 1. The molecule has 3 rings (SSSR count). The third-order valence-corrected chi connectivity index (χ3v) is 7.84. The van der Waals surface area contributed by atoms with Crippen molar-refractivity contribution in [2.75, 3.05) is 0 Å². The molecule has 0 heterocycles.